The number of phenols is 1. The van der Waals surface area contributed by atoms with Crippen LogP contribution in [0.3, 0.4) is 0 Å². The molecule has 38 heavy (non-hydrogen) atoms. The van der Waals surface area contributed by atoms with E-state index >= 15 is 0 Å². The number of aliphatic imine (C=N–C) groups is 1. The number of phenolic OH excluding ortho intramolecular Hbond substituents is 1. The molecule has 1 aromatic heterocycles. The number of methoxy groups -OCH3 is 1. The van der Waals surface area contributed by atoms with Gasteiger partial charge in [-0.25, -0.2) is 19.8 Å². The highest BCUT2D eigenvalue weighted by Gasteiger charge is 2.48. The highest BCUT2D eigenvalue weighted by molar-refractivity contribution is 6.03. The van der Waals surface area contributed by atoms with Gasteiger partial charge in [0, 0.05) is 29.1 Å². The third-order valence-corrected chi connectivity index (χ3v) is 6.19. The zero-order chi connectivity index (χ0) is 27.1. The lowest BCUT2D eigenvalue weighted by atomic mass is 9.76. The van der Waals surface area contributed by atoms with Gasteiger partial charge in [0.1, 0.15) is 35.0 Å². The van der Waals surface area contributed by atoms with Crippen molar-refractivity contribution in [1.29, 1.82) is 0 Å². The first-order valence-corrected chi connectivity index (χ1v) is 11.2. The van der Waals surface area contributed by atoms with Crippen LogP contribution in [0.5, 0.6) is 17.2 Å². The number of benzene rings is 3. The van der Waals surface area contributed by atoms with Gasteiger partial charge in [0.15, 0.2) is 0 Å². The fraction of sp³-hybridized carbons (Fsp3) is 0.111. The van der Waals surface area contributed by atoms with Crippen molar-refractivity contribution in [1.82, 2.24) is 9.97 Å². The summed E-state index contributed by atoms with van der Waals surface area (Å²) in [5.41, 5.74) is 6.29. The zero-order valence-electron chi connectivity index (χ0n) is 19.7. The summed E-state index contributed by atoms with van der Waals surface area (Å²) < 4.78 is 50.7. The molecular formula is C27H19F3N4O4. The number of nitrogens with two attached hydrogens (primary N) is 1. The number of carbonyl (C=O) groups is 1. The third-order valence-electron chi connectivity index (χ3n) is 6.19. The van der Waals surface area contributed by atoms with Gasteiger partial charge in [0.2, 0.25) is 0 Å². The summed E-state index contributed by atoms with van der Waals surface area (Å²) in [5, 5.41) is 10.8. The Bertz CT molecular complexity index is 1560. The first-order valence-electron chi connectivity index (χ1n) is 11.2. The lowest BCUT2D eigenvalue weighted by Crippen LogP contribution is -2.31. The summed E-state index contributed by atoms with van der Waals surface area (Å²) in [7, 11) is 1.49. The molecule has 192 valence electrons. The molecule has 0 fully saturated rings. The predicted octanol–water partition coefficient (Wildman–Crippen LogP) is 4.34. The number of amidine groups is 1. The second-order valence-electron chi connectivity index (χ2n) is 8.33. The Kier molecular flexibility index (Phi) is 5.98. The van der Waals surface area contributed by atoms with Gasteiger partial charge in [-0.1, -0.05) is 36.4 Å². The third kappa shape index (κ3) is 3.97. The van der Waals surface area contributed by atoms with Gasteiger partial charge in [-0.3, -0.25) is 0 Å². The molecular weight excluding hydrogens is 501 g/mol. The van der Waals surface area contributed by atoms with E-state index in [9.17, 15) is 23.1 Å². The molecule has 3 aromatic carbocycles. The second-order valence-corrected chi connectivity index (χ2v) is 8.33. The molecule has 2 heterocycles. The van der Waals surface area contributed by atoms with Gasteiger partial charge in [-0.2, -0.15) is 13.2 Å². The van der Waals surface area contributed by atoms with Gasteiger partial charge in [-0.05, 0) is 35.4 Å². The van der Waals surface area contributed by atoms with Crippen LogP contribution >= 0.6 is 0 Å². The molecule has 0 saturated carbocycles. The van der Waals surface area contributed by atoms with Crippen molar-refractivity contribution in [3.63, 3.8) is 0 Å². The van der Waals surface area contributed by atoms with Crippen molar-refractivity contribution in [3.05, 3.63) is 102 Å². The highest BCUT2D eigenvalue weighted by atomic mass is 19.4. The van der Waals surface area contributed by atoms with E-state index in [1.165, 1.54) is 38.0 Å². The van der Waals surface area contributed by atoms with E-state index in [0.717, 1.165) is 0 Å². The predicted molar refractivity (Wildman–Crippen MR) is 131 cm³/mol. The fourth-order valence-electron chi connectivity index (χ4n) is 4.56. The molecule has 0 amide bonds. The van der Waals surface area contributed by atoms with Crippen LogP contribution in [0.1, 0.15) is 22.3 Å². The minimum atomic E-state index is -5.32. The lowest BCUT2D eigenvalue weighted by Gasteiger charge is -2.31. The Labute approximate surface area is 214 Å². The van der Waals surface area contributed by atoms with Crippen LogP contribution < -0.4 is 15.2 Å². The van der Waals surface area contributed by atoms with E-state index in [4.69, 9.17) is 20.2 Å². The van der Waals surface area contributed by atoms with Crippen molar-refractivity contribution in [3.8, 4) is 28.4 Å². The number of carbonyl (C=O) groups excluding carboxylic acids is 1. The Balaban J connectivity index is 1.89. The molecule has 0 radical (unpaired) electrons. The Morgan fingerprint density at radius 2 is 1.66 bits per heavy atom. The van der Waals surface area contributed by atoms with Crippen molar-refractivity contribution in [2.24, 2.45) is 10.7 Å². The van der Waals surface area contributed by atoms with Crippen molar-refractivity contribution in [2.45, 2.75) is 11.7 Å². The average molecular weight is 520 g/mol. The zero-order valence-corrected chi connectivity index (χ0v) is 19.7. The van der Waals surface area contributed by atoms with Crippen LogP contribution in [-0.4, -0.2) is 40.2 Å². The smallest absolute Gasteiger partial charge is 0.491 e. The van der Waals surface area contributed by atoms with Crippen LogP contribution in [0, 0.1) is 0 Å². The number of ether oxygens (including phenoxy) is 2. The van der Waals surface area contributed by atoms with Crippen LogP contribution in [0.25, 0.3) is 11.1 Å². The van der Waals surface area contributed by atoms with Crippen LogP contribution in [0.4, 0.5) is 13.2 Å². The Morgan fingerprint density at radius 1 is 0.974 bits per heavy atom. The molecule has 0 spiro atoms. The highest BCUT2D eigenvalue weighted by Crippen LogP contribution is 2.53. The van der Waals surface area contributed by atoms with E-state index in [-0.39, 0.29) is 22.5 Å². The minimum absolute atomic E-state index is 0.0322. The number of aromatic hydroxyl groups is 1. The Morgan fingerprint density at radius 3 is 2.32 bits per heavy atom. The SMILES string of the molecule is COc1ccc(C2(c3ccc(O)c(-c4cncnc4)c3OC(=O)C(F)(F)F)N=C(N)c3ccccc32)cc1. The molecule has 8 nitrogen and oxygen atoms in total. The van der Waals surface area contributed by atoms with E-state index in [2.05, 4.69) is 9.97 Å². The normalized spacial score (nSPS) is 16.5. The van der Waals surface area contributed by atoms with Gasteiger partial charge >= 0.3 is 12.1 Å². The molecule has 1 aliphatic rings. The molecule has 0 aliphatic carbocycles. The van der Waals surface area contributed by atoms with Crippen molar-refractivity contribution in [2.75, 3.05) is 7.11 Å². The maximum atomic E-state index is 13.5. The largest absolute Gasteiger partial charge is 0.507 e. The number of halogens is 3. The number of hydrogen-bond donors (Lipinski definition) is 2. The van der Waals surface area contributed by atoms with Gasteiger partial charge in [0.05, 0.1) is 12.7 Å². The summed E-state index contributed by atoms with van der Waals surface area (Å²) in [6.07, 6.45) is -1.56. The average Bonchev–Trinajstić information content (AvgIpc) is 3.22. The molecule has 1 unspecified atom stereocenters. The topological polar surface area (TPSA) is 120 Å². The Hall–Kier alpha value is -4.93. The van der Waals surface area contributed by atoms with Gasteiger partial charge < -0.3 is 20.3 Å². The first-order chi connectivity index (χ1) is 18.2. The standard InChI is InChI=1S/C27H19F3N4O4/c1-37-17-8-6-16(7-9-17)26(19-5-3-2-4-18(19)24(31)34-26)20-10-11-21(35)22(15-12-32-14-33-13-15)23(20)38-25(36)27(28,29)30/h2-14,35H,1H3,(H2,31,34). The summed E-state index contributed by atoms with van der Waals surface area (Å²) in [6.45, 7) is 0. The summed E-state index contributed by atoms with van der Waals surface area (Å²) in [4.78, 5) is 24.7. The molecule has 0 bridgehead atoms. The van der Waals surface area contributed by atoms with Crippen molar-refractivity contribution < 1.29 is 32.5 Å². The van der Waals surface area contributed by atoms with E-state index < -0.39 is 29.2 Å². The molecule has 3 N–H and O–H groups in total. The number of nitrogens with zero attached hydrogens (tertiary/aromatic N) is 3. The quantitative estimate of drug-likeness (QED) is 0.297. The number of esters is 1. The lowest BCUT2D eigenvalue weighted by molar-refractivity contribution is -0.189. The fourth-order valence-corrected chi connectivity index (χ4v) is 4.56. The molecule has 1 aliphatic heterocycles. The number of hydrogen-bond acceptors (Lipinski definition) is 8. The minimum Gasteiger partial charge on any atom is -0.507 e. The van der Waals surface area contributed by atoms with Gasteiger partial charge in [-0.15, -0.1) is 0 Å². The summed E-state index contributed by atoms with van der Waals surface area (Å²) >= 11 is 0. The van der Waals surface area contributed by atoms with E-state index in [1.54, 1.807) is 48.5 Å². The van der Waals surface area contributed by atoms with E-state index in [0.29, 0.717) is 22.4 Å². The van der Waals surface area contributed by atoms with Crippen molar-refractivity contribution >= 4 is 11.8 Å². The van der Waals surface area contributed by atoms with Crippen LogP contribution in [-0.2, 0) is 10.3 Å². The van der Waals surface area contributed by atoms with E-state index in [1.807, 2.05) is 0 Å². The first kappa shape index (κ1) is 24.8. The van der Waals surface area contributed by atoms with Crippen LogP contribution in [0.15, 0.2) is 84.4 Å². The molecule has 5 rings (SSSR count). The molecule has 4 aromatic rings. The van der Waals surface area contributed by atoms with Crippen LogP contribution in [0.2, 0.25) is 0 Å². The monoisotopic (exact) mass is 520 g/mol. The summed E-state index contributed by atoms with van der Waals surface area (Å²) in [5.74, 6) is -2.84. The number of alkyl halides is 3. The molecule has 0 saturated heterocycles. The number of rotatable bonds is 5. The maximum Gasteiger partial charge on any atom is 0.491 e. The summed E-state index contributed by atoms with van der Waals surface area (Å²) in [6, 6.07) is 16.3. The maximum absolute atomic E-state index is 13.5. The molecule has 11 heteroatoms. The number of aromatic nitrogens is 2. The molecule has 1 atom stereocenters. The second kappa shape index (κ2) is 9.18. The number of fused-ring (bicyclic) bond motifs is 1. The van der Waals surface area contributed by atoms with Gasteiger partial charge in [0.25, 0.3) is 0 Å².